The van der Waals surface area contributed by atoms with Gasteiger partial charge in [-0.2, -0.15) is 5.10 Å². The topological polar surface area (TPSA) is 89.6 Å². The number of benzene rings is 2. The minimum absolute atomic E-state index is 0.178. The van der Waals surface area contributed by atoms with Crippen molar-refractivity contribution in [1.29, 1.82) is 0 Å². The Hall–Kier alpha value is -3.45. The zero-order valence-electron chi connectivity index (χ0n) is 17.2. The van der Waals surface area contributed by atoms with E-state index in [9.17, 15) is 5.11 Å². The fourth-order valence-electron chi connectivity index (χ4n) is 4.21. The maximum absolute atomic E-state index is 15.4. The molecule has 2 aromatic heterocycles. The van der Waals surface area contributed by atoms with Crippen molar-refractivity contribution < 1.29 is 9.50 Å². The minimum Gasteiger partial charge on any atom is -0.508 e. The Kier molecular flexibility index (Phi) is 5.03. The highest BCUT2D eigenvalue weighted by molar-refractivity contribution is 5.94. The fraction of sp³-hybridized carbons (Fsp3) is 0.250. The normalized spacial score (nSPS) is 16.6. The third-order valence-corrected chi connectivity index (χ3v) is 5.86. The Morgan fingerprint density at radius 2 is 2.10 bits per heavy atom. The molecule has 1 aliphatic heterocycles. The quantitative estimate of drug-likeness (QED) is 0.376. The maximum atomic E-state index is 15.4. The largest absolute Gasteiger partial charge is 0.508 e. The van der Waals surface area contributed by atoms with Crippen LogP contribution in [0.15, 0.2) is 42.6 Å². The lowest BCUT2D eigenvalue weighted by atomic mass is 9.96. The number of phenols is 1. The number of hydrogen-bond acceptors (Lipinski definition) is 4. The van der Waals surface area contributed by atoms with E-state index >= 15 is 4.39 Å². The van der Waals surface area contributed by atoms with Crippen molar-refractivity contribution in [2.45, 2.75) is 32.2 Å². The molecule has 1 atom stereocenters. The zero-order chi connectivity index (χ0) is 21.4. The number of nitrogens with one attached hydrogen (secondary N) is 3. The van der Waals surface area contributed by atoms with E-state index in [4.69, 9.17) is 0 Å². The number of H-pyrrole nitrogens is 2. The second kappa shape index (κ2) is 8.00. The van der Waals surface area contributed by atoms with Crippen molar-refractivity contribution in [2.75, 3.05) is 6.54 Å². The predicted molar refractivity (Wildman–Crippen MR) is 120 cm³/mol. The predicted octanol–water partition coefficient (Wildman–Crippen LogP) is 4.79. The van der Waals surface area contributed by atoms with E-state index in [1.54, 1.807) is 24.3 Å². The van der Waals surface area contributed by atoms with Gasteiger partial charge in [-0.1, -0.05) is 25.1 Å². The summed E-state index contributed by atoms with van der Waals surface area (Å²) in [6.07, 6.45) is 8.97. The molecule has 31 heavy (non-hydrogen) atoms. The standard InChI is InChI=1S/C24H24FN5O/c1-2-14-12-17(31)7-8-18(14)19-9-10-20-22(21(19)25)29-30-23(20)24-27-13-16(28-24)6-5-15-4-3-11-26-15/h5-10,12-13,15,26,31H,2-4,11H2,1H3,(H,27,28)(H,29,30)/b6-5+/t15-/m0/s1. The average molecular weight is 417 g/mol. The molecule has 158 valence electrons. The van der Waals surface area contributed by atoms with Crippen LogP contribution in [0.2, 0.25) is 0 Å². The van der Waals surface area contributed by atoms with Crippen molar-refractivity contribution in [3.8, 4) is 28.4 Å². The van der Waals surface area contributed by atoms with Crippen LogP contribution in [0.3, 0.4) is 0 Å². The molecule has 6 nitrogen and oxygen atoms in total. The molecule has 1 saturated heterocycles. The summed E-state index contributed by atoms with van der Waals surface area (Å²) < 4.78 is 15.4. The van der Waals surface area contributed by atoms with Crippen LogP contribution in [0.1, 0.15) is 31.0 Å². The summed E-state index contributed by atoms with van der Waals surface area (Å²) in [7, 11) is 0. The van der Waals surface area contributed by atoms with Crippen molar-refractivity contribution in [1.82, 2.24) is 25.5 Å². The van der Waals surface area contributed by atoms with E-state index in [1.807, 2.05) is 25.3 Å². The van der Waals surface area contributed by atoms with Gasteiger partial charge in [-0.25, -0.2) is 9.37 Å². The van der Waals surface area contributed by atoms with E-state index in [0.29, 0.717) is 40.4 Å². The van der Waals surface area contributed by atoms with Crippen LogP contribution < -0.4 is 5.32 Å². The lowest BCUT2D eigenvalue weighted by Crippen LogP contribution is -2.17. The average Bonchev–Trinajstić information content (AvgIpc) is 3.53. The Bertz CT molecular complexity index is 1270. The Balaban J connectivity index is 1.49. The lowest BCUT2D eigenvalue weighted by molar-refractivity contribution is 0.474. The second-order valence-electron chi connectivity index (χ2n) is 7.85. The van der Waals surface area contributed by atoms with Crippen LogP contribution in [-0.4, -0.2) is 37.9 Å². The molecule has 0 unspecified atom stereocenters. The first-order valence-corrected chi connectivity index (χ1v) is 10.6. The third-order valence-electron chi connectivity index (χ3n) is 5.86. The molecule has 0 amide bonds. The number of aromatic nitrogens is 4. The number of halogens is 1. The summed E-state index contributed by atoms with van der Waals surface area (Å²) in [6, 6.07) is 9.02. The minimum atomic E-state index is -0.365. The molecule has 2 aromatic carbocycles. The fourth-order valence-corrected chi connectivity index (χ4v) is 4.21. The number of rotatable bonds is 5. The molecule has 0 radical (unpaired) electrons. The first-order chi connectivity index (χ1) is 15.1. The van der Waals surface area contributed by atoms with Gasteiger partial charge in [0.1, 0.15) is 17.0 Å². The van der Waals surface area contributed by atoms with Crippen LogP contribution in [0.5, 0.6) is 5.75 Å². The van der Waals surface area contributed by atoms with Gasteiger partial charge >= 0.3 is 0 Å². The molecule has 5 rings (SSSR count). The molecular weight excluding hydrogens is 393 g/mol. The molecule has 0 spiro atoms. The van der Waals surface area contributed by atoms with Gasteiger partial charge in [0.2, 0.25) is 0 Å². The summed E-state index contributed by atoms with van der Waals surface area (Å²) in [6.45, 7) is 3.03. The van der Waals surface area contributed by atoms with E-state index in [0.717, 1.165) is 29.8 Å². The summed E-state index contributed by atoms with van der Waals surface area (Å²) >= 11 is 0. The summed E-state index contributed by atoms with van der Waals surface area (Å²) in [5.41, 5.74) is 3.87. The molecule has 0 saturated carbocycles. The van der Waals surface area contributed by atoms with Gasteiger partial charge in [0.25, 0.3) is 0 Å². The molecule has 0 bridgehead atoms. The van der Waals surface area contributed by atoms with Gasteiger partial charge in [0, 0.05) is 23.2 Å². The number of nitrogens with zero attached hydrogens (tertiary/aromatic N) is 2. The number of fused-ring (bicyclic) bond motifs is 1. The highest BCUT2D eigenvalue weighted by Gasteiger charge is 2.19. The van der Waals surface area contributed by atoms with Crippen LogP contribution in [0.25, 0.3) is 39.6 Å². The molecule has 7 heteroatoms. The van der Waals surface area contributed by atoms with Crippen LogP contribution in [-0.2, 0) is 6.42 Å². The molecule has 1 aliphatic rings. The van der Waals surface area contributed by atoms with Gasteiger partial charge in [0.05, 0.1) is 5.69 Å². The number of imidazole rings is 1. The third kappa shape index (κ3) is 3.61. The van der Waals surface area contributed by atoms with Crippen molar-refractivity contribution in [2.24, 2.45) is 0 Å². The van der Waals surface area contributed by atoms with Gasteiger partial charge in [-0.3, -0.25) is 5.10 Å². The maximum Gasteiger partial charge on any atom is 0.159 e. The van der Waals surface area contributed by atoms with Gasteiger partial charge in [-0.05, 0) is 61.2 Å². The van der Waals surface area contributed by atoms with E-state index in [1.165, 1.54) is 6.42 Å². The smallest absolute Gasteiger partial charge is 0.159 e. The number of phenolic OH excluding ortho intramolecular Hbond substituents is 1. The highest BCUT2D eigenvalue weighted by atomic mass is 19.1. The monoisotopic (exact) mass is 417 g/mol. The van der Waals surface area contributed by atoms with Crippen LogP contribution >= 0.6 is 0 Å². The van der Waals surface area contributed by atoms with Crippen LogP contribution in [0, 0.1) is 5.82 Å². The number of aromatic amines is 2. The van der Waals surface area contributed by atoms with Gasteiger partial charge in [-0.15, -0.1) is 0 Å². The Morgan fingerprint density at radius 1 is 1.23 bits per heavy atom. The molecule has 1 fully saturated rings. The first kappa shape index (κ1) is 19.5. The van der Waals surface area contributed by atoms with Crippen molar-refractivity contribution in [3.05, 3.63) is 59.7 Å². The van der Waals surface area contributed by atoms with E-state index in [-0.39, 0.29) is 11.6 Å². The number of hydrogen-bond donors (Lipinski definition) is 4. The Labute approximate surface area is 179 Å². The van der Waals surface area contributed by atoms with E-state index in [2.05, 4.69) is 31.6 Å². The molecule has 0 aliphatic carbocycles. The summed E-state index contributed by atoms with van der Waals surface area (Å²) in [5.74, 6) is 0.407. The SMILES string of the molecule is CCc1cc(O)ccc1-c1ccc2c(-c3nc(/C=C/[C@@H]4CCCN4)c[nH]3)n[nH]c2c1F. The molecule has 4 N–H and O–H groups in total. The number of aromatic hydroxyl groups is 1. The lowest BCUT2D eigenvalue weighted by Gasteiger charge is -2.10. The van der Waals surface area contributed by atoms with Crippen LogP contribution in [0.4, 0.5) is 4.39 Å². The molecule has 3 heterocycles. The Morgan fingerprint density at radius 3 is 2.90 bits per heavy atom. The van der Waals surface area contributed by atoms with E-state index < -0.39 is 0 Å². The number of aryl methyl sites for hydroxylation is 1. The van der Waals surface area contributed by atoms with Crippen molar-refractivity contribution >= 4 is 17.0 Å². The summed E-state index contributed by atoms with van der Waals surface area (Å²) in [4.78, 5) is 7.76. The van der Waals surface area contributed by atoms with Gasteiger partial charge < -0.3 is 15.4 Å². The second-order valence-corrected chi connectivity index (χ2v) is 7.85. The highest BCUT2D eigenvalue weighted by Crippen LogP contribution is 2.34. The zero-order valence-corrected chi connectivity index (χ0v) is 17.2. The molecular formula is C24H24FN5O. The summed E-state index contributed by atoms with van der Waals surface area (Å²) in [5, 5.41) is 21.0. The van der Waals surface area contributed by atoms with Gasteiger partial charge in [0.15, 0.2) is 11.6 Å². The first-order valence-electron chi connectivity index (χ1n) is 10.6. The molecule has 4 aromatic rings. The van der Waals surface area contributed by atoms with Crippen molar-refractivity contribution in [3.63, 3.8) is 0 Å².